The van der Waals surface area contributed by atoms with Crippen molar-refractivity contribution in [3.05, 3.63) is 53.1 Å². The van der Waals surface area contributed by atoms with E-state index >= 15 is 0 Å². The number of rotatable bonds is 2. The molecule has 0 bridgehead atoms. The Morgan fingerprint density at radius 2 is 1.95 bits per heavy atom. The van der Waals surface area contributed by atoms with E-state index in [1.54, 1.807) is 18.2 Å². The summed E-state index contributed by atoms with van der Waals surface area (Å²) in [5, 5.41) is 9.82. The number of sulfone groups is 1. The molecule has 2 aromatic carbocycles. The normalized spacial score (nSPS) is 14.4. The Balaban J connectivity index is 2.14. The SMILES string of the molecule is O=S(=O)(c1ccc2c(c1)B(O)OC2)c1ccccc1Cl. The first-order valence-corrected chi connectivity index (χ1v) is 7.78. The minimum atomic E-state index is -3.71. The number of hydrogen-bond donors (Lipinski definition) is 1. The third kappa shape index (κ3) is 2.14. The maximum Gasteiger partial charge on any atom is 0.491 e. The van der Waals surface area contributed by atoms with E-state index in [9.17, 15) is 13.4 Å². The lowest BCUT2D eigenvalue weighted by Gasteiger charge is -2.08. The molecule has 0 aliphatic carbocycles. The van der Waals surface area contributed by atoms with Gasteiger partial charge in [0.2, 0.25) is 9.84 Å². The Morgan fingerprint density at radius 3 is 2.70 bits per heavy atom. The van der Waals surface area contributed by atoms with Crippen molar-refractivity contribution >= 4 is 34.0 Å². The third-order valence-electron chi connectivity index (χ3n) is 3.22. The second-order valence-corrected chi connectivity index (χ2v) is 6.78. The summed E-state index contributed by atoms with van der Waals surface area (Å²) in [6.07, 6.45) is 0. The van der Waals surface area contributed by atoms with Crippen LogP contribution in [0.15, 0.2) is 52.3 Å². The summed E-state index contributed by atoms with van der Waals surface area (Å²) >= 11 is 5.95. The standard InChI is InChI=1S/C13H10BClO4S/c15-12-3-1-2-4-13(12)20(17,18)10-6-5-9-8-19-14(16)11(9)7-10/h1-7,16H,8H2. The second kappa shape index (κ2) is 4.89. The Morgan fingerprint density at radius 1 is 1.20 bits per heavy atom. The molecule has 0 amide bonds. The average molecular weight is 309 g/mol. The van der Waals surface area contributed by atoms with Gasteiger partial charge in [0.1, 0.15) is 0 Å². The van der Waals surface area contributed by atoms with Crippen LogP contribution in [0.25, 0.3) is 0 Å². The topological polar surface area (TPSA) is 63.6 Å². The van der Waals surface area contributed by atoms with Crippen molar-refractivity contribution < 1.29 is 18.1 Å². The Hall–Kier alpha value is -1.34. The molecule has 0 atom stereocenters. The molecule has 0 spiro atoms. The zero-order valence-electron chi connectivity index (χ0n) is 10.3. The first-order valence-electron chi connectivity index (χ1n) is 5.92. The monoisotopic (exact) mass is 308 g/mol. The van der Waals surface area contributed by atoms with E-state index in [1.807, 2.05) is 0 Å². The van der Waals surface area contributed by atoms with Gasteiger partial charge < -0.3 is 9.68 Å². The van der Waals surface area contributed by atoms with Crippen LogP contribution < -0.4 is 5.46 Å². The van der Waals surface area contributed by atoms with Crippen LogP contribution in [0, 0.1) is 0 Å². The summed E-state index contributed by atoms with van der Waals surface area (Å²) in [6.45, 7) is 0.281. The summed E-state index contributed by atoms with van der Waals surface area (Å²) in [7, 11) is -4.79. The molecule has 0 radical (unpaired) electrons. The van der Waals surface area contributed by atoms with Gasteiger partial charge in [-0.15, -0.1) is 0 Å². The van der Waals surface area contributed by atoms with E-state index in [0.717, 1.165) is 5.56 Å². The predicted molar refractivity (Wildman–Crippen MR) is 75.7 cm³/mol. The fourth-order valence-electron chi connectivity index (χ4n) is 2.15. The number of fused-ring (bicyclic) bond motifs is 1. The van der Waals surface area contributed by atoms with Gasteiger partial charge in [-0.1, -0.05) is 29.8 Å². The molecule has 0 fully saturated rings. The van der Waals surface area contributed by atoms with Crippen LogP contribution in [0.2, 0.25) is 5.02 Å². The molecule has 1 aliphatic rings. The highest BCUT2D eigenvalue weighted by molar-refractivity contribution is 7.91. The molecule has 0 unspecified atom stereocenters. The lowest BCUT2D eigenvalue weighted by molar-refractivity contribution is 0.275. The first kappa shape index (κ1) is 13.6. The second-order valence-electron chi connectivity index (χ2n) is 4.46. The van der Waals surface area contributed by atoms with Crippen LogP contribution in [-0.4, -0.2) is 20.6 Å². The van der Waals surface area contributed by atoms with Crippen molar-refractivity contribution in [1.29, 1.82) is 0 Å². The molecule has 1 N–H and O–H groups in total. The van der Waals surface area contributed by atoms with Crippen LogP contribution in [0.3, 0.4) is 0 Å². The molecule has 1 aliphatic heterocycles. The number of benzene rings is 2. The molecule has 2 aromatic rings. The van der Waals surface area contributed by atoms with Gasteiger partial charge in [0.25, 0.3) is 0 Å². The molecule has 0 saturated heterocycles. The minimum absolute atomic E-state index is 0.0509. The van der Waals surface area contributed by atoms with E-state index in [-0.39, 0.29) is 21.4 Å². The highest BCUT2D eigenvalue weighted by Gasteiger charge is 2.30. The minimum Gasteiger partial charge on any atom is -0.423 e. The summed E-state index contributed by atoms with van der Waals surface area (Å²) in [4.78, 5) is 0.143. The van der Waals surface area contributed by atoms with E-state index in [0.29, 0.717) is 5.46 Å². The molecular formula is C13H10BClO4S. The Labute approximate surface area is 122 Å². The number of hydrogen-bond acceptors (Lipinski definition) is 4. The molecule has 0 aromatic heterocycles. The third-order valence-corrected chi connectivity index (χ3v) is 5.47. The van der Waals surface area contributed by atoms with E-state index in [4.69, 9.17) is 16.3 Å². The summed E-state index contributed by atoms with van der Waals surface area (Å²) in [5.41, 5.74) is 1.27. The largest absolute Gasteiger partial charge is 0.491 e. The van der Waals surface area contributed by atoms with Gasteiger partial charge >= 0.3 is 7.12 Å². The average Bonchev–Trinajstić information content (AvgIpc) is 2.80. The van der Waals surface area contributed by atoms with Gasteiger partial charge in [0.15, 0.2) is 0 Å². The first-order chi connectivity index (χ1) is 9.50. The van der Waals surface area contributed by atoms with Crippen LogP contribution in [0.1, 0.15) is 5.56 Å². The molecular weight excluding hydrogens is 298 g/mol. The maximum atomic E-state index is 12.6. The Kier molecular flexibility index (Phi) is 3.34. The zero-order valence-corrected chi connectivity index (χ0v) is 11.9. The highest BCUT2D eigenvalue weighted by Crippen LogP contribution is 2.27. The van der Waals surface area contributed by atoms with E-state index < -0.39 is 17.0 Å². The van der Waals surface area contributed by atoms with Crippen molar-refractivity contribution in [1.82, 2.24) is 0 Å². The fourth-order valence-corrected chi connectivity index (χ4v) is 3.96. The van der Waals surface area contributed by atoms with Crippen LogP contribution >= 0.6 is 11.6 Å². The van der Waals surface area contributed by atoms with E-state index in [2.05, 4.69) is 0 Å². The maximum absolute atomic E-state index is 12.6. The lowest BCUT2D eigenvalue weighted by atomic mass is 9.80. The van der Waals surface area contributed by atoms with Crippen LogP contribution in [-0.2, 0) is 21.1 Å². The lowest BCUT2D eigenvalue weighted by Crippen LogP contribution is -2.28. The zero-order chi connectivity index (χ0) is 14.3. The smallest absolute Gasteiger partial charge is 0.423 e. The van der Waals surface area contributed by atoms with E-state index in [1.165, 1.54) is 24.3 Å². The van der Waals surface area contributed by atoms with Crippen LogP contribution in [0.4, 0.5) is 0 Å². The van der Waals surface area contributed by atoms with Gasteiger partial charge in [-0.05, 0) is 35.3 Å². The molecule has 102 valence electrons. The van der Waals surface area contributed by atoms with Crippen molar-refractivity contribution in [3.63, 3.8) is 0 Å². The van der Waals surface area contributed by atoms with Crippen molar-refractivity contribution in [2.45, 2.75) is 16.4 Å². The highest BCUT2D eigenvalue weighted by atomic mass is 35.5. The van der Waals surface area contributed by atoms with Gasteiger partial charge in [-0.3, -0.25) is 0 Å². The van der Waals surface area contributed by atoms with Crippen molar-refractivity contribution in [3.8, 4) is 0 Å². The van der Waals surface area contributed by atoms with Crippen LogP contribution in [0.5, 0.6) is 0 Å². The summed E-state index contributed by atoms with van der Waals surface area (Å²) in [5.74, 6) is 0. The molecule has 3 rings (SSSR count). The van der Waals surface area contributed by atoms with Gasteiger partial charge in [0, 0.05) is 0 Å². The Bertz CT molecular complexity index is 776. The molecule has 1 heterocycles. The molecule has 7 heteroatoms. The van der Waals surface area contributed by atoms with Crippen molar-refractivity contribution in [2.24, 2.45) is 0 Å². The quantitative estimate of drug-likeness (QED) is 0.852. The summed E-state index contributed by atoms with van der Waals surface area (Å²) in [6, 6.07) is 10.9. The molecule has 4 nitrogen and oxygen atoms in total. The van der Waals surface area contributed by atoms with Gasteiger partial charge in [0.05, 0.1) is 21.4 Å². The summed E-state index contributed by atoms with van der Waals surface area (Å²) < 4.78 is 30.2. The van der Waals surface area contributed by atoms with Gasteiger partial charge in [-0.25, -0.2) is 8.42 Å². The molecule has 20 heavy (non-hydrogen) atoms. The van der Waals surface area contributed by atoms with Crippen molar-refractivity contribution in [2.75, 3.05) is 0 Å². The fraction of sp³-hybridized carbons (Fsp3) is 0.0769. The molecule has 0 saturated carbocycles. The number of halogens is 1. The predicted octanol–water partition coefficient (Wildman–Crippen LogP) is 1.39. The van der Waals surface area contributed by atoms with Gasteiger partial charge in [-0.2, -0.15) is 0 Å².